The van der Waals surface area contributed by atoms with Crippen LogP contribution >= 0.6 is 23.8 Å². The van der Waals surface area contributed by atoms with E-state index in [0.717, 1.165) is 27.2 Å². The first kappa shape index (κ1) is 17.6. The summed E-state index contributed by atoms with van der Waals surface area (Å²) in [4.78, 5) is 0. The number of rotatable bonds is 6. The molecule has 136 valence electrons. The fourth-order valence-electron chi connectivity index (χ4n) is 3.05. The third kappa shape index (κ3) is 3.84. The van der Waals surface area contributed by atoms with E-state index in [0.29, 0.717) is 18.4 Å². The predicted octanol–water partition coefficient (Wildman–Crippen LogP) is 5.96. The Kier molecular flexibility index (Phi) is 5.14. The second-order valence-electron chi connectivity index (χ2n) is 6.17. The van der Waals surface area contributed by atoms with Gasteiger partial charge in [0.15, 0.2) is 4.77 Å². The smallest absolute Gasteiger partial charge is 0.183 e. The lowest BCUT2D eigenvalue weighted by atomic mass is 10.3. The van der Waals surface area contributed by atoms with Crippen molar-refractivity contribution in [2.45, 2.75) is 13.3 Å². The number of imidazole rings is 1. The summed E-state index contributed by atoms with van der Waals surface area (Å²) in [7, 11) is 0. The average molecular weight is 395 g/mol. The van der Waals surface area contributed by atoms with Gasteiger partial charge in [-0.15, -0.1) is 0 Å². The summed E-state index contributed by atoms with van der Waals surface area (Å²) in [6.07, 6.45) is 0. The van der Waals surface area contributed by atoms with Crippen molar-refractivity contribution in [1.29, 1.82) is 0 Å². The van der Waals surface area contributed by atoms with Crippen molar-refractivity contribution in [1.82, 2.24) is 9.13 Å². The molecule has 4 rings (SSSR count). The fraction of sp³-hybridized carbons (Fsp3) is 0.0952. The second kappa shape index (κ2) is 7.86. The molecule has 0 bridgehead atoms. The Hall–Kier alpha value is -2.76. The zero-order valence-corrected chi connectivity index (χ0v) is 16.2. The van der Waals surface area contributed by atoms with Gasteiger partial charge < -0.3 is 10.6 Å². The topological polar surface area (TPSA) is 33.9 Å². The highest BCUT2D eigenvalue weighted by Gasteiger charge is 2.11. The van der Waals surface area contributed by atoms with Crippen LogP contribution in [-0.4, -0.2) is 9.13 Å². The number of hydrogen-bond donors (Lipinski definition) is 2. The summed E-state index contributed by atoms with van der Waals surface area (Å²) >= 11 is 12.0. The van der Waals surface area contributed by atoms with Gasteiger partial charge in [-0.1, -0.05) is 48.0 Å². The molecule has 0 aliphatic heterocycles. The molecule has 0 aliphatic rings. The summed E-state index contributed by atoms with van der Waals surface area (Å²) in [5.74, 6) is 0. The highest BCUT2D eigenvalue weighted by atomic mass is 35.5. The molecule has 0 saturated carbocycles. The van der Waals surface area contributed by atoms with Crippen molar-refractivity contribution < 1.29 is 0 Å². The molecule has 0 aliphatic carbocycles. The SMILES string of the molecule is S=c1n(CNc2ccccc2)c2ccc(Cl)cc2n1CNc1ccccc1. The normalized spacial score (nSPS) is 10.9. The van der Waals surface area contributed by atoms with Crippen LogP contribution in [0.2, 0.25) is 5.02 Å². The van der Waals surface area contributed by atoms with E-state index in [2.05, 4.69) is 19.8 Å². The number of hydrogen-bond acceptors (Lipinski definition) is 3. The Morgan fingerprint density at radius 1 is 0.704 bits per heavy atom. The first-order chi connectivity index (χ1) is 13.2. The van der Waals surface area contributed by atoms with Crippen molar-refractivity contribution in [2.75, 3.05) is 10.6 Å². The minimum Gasteiger partial charge on any atom is -0.367 e. The van der Waals surface area contributed by atoms with Gasteiger partial charge in [0, 0.05) is 16.4 Å². The highest BCUT2D eigenvalue weighted by Crippen LogP contribution is 2.23. The second-order valence-corrected chi connectivity index (χ2v) is 6.98. The van der Waals surface area contributed by atoms with Crippen LogP contribution < -0.4 is 10.6 Å². The molecule has 27 heavy (non-hydrogen) atoms. The molecular formula is C21H19ClN4S. The molecule has 1 aromatic heterocycles. The van der Waals surface area contributed by atoms with Crippen LogP contribution in [0.4, 0.5) is 11.4 Å². The summed E-state index contributed by atoms with van der Waals surface area (Å²) in [6.45, 7) is 1.15. The zero-order valence-electron chi connectivity index (χ0n) is 14.6. The van der Waals surface area contributed by atoms with Gasteiger partial charge in [0.1, 0.15) is 0 Å². The number of nitrogens with zero attached hydrogens (tertiary/aromatic N) is 2. The van der Waals surface area contributed by atoms with Crippen molar-refractivity contribution in [3.8, 4) is 0 Å². The third-order valence-corrected chi connectivity index (χ3v) is 5.09. The molecule has 0 unspecified atom stereocenters. The Bertz CT molecular complexity index is 1100. The molecule has 0 saturated heterocycles. The van der Waals surface area contributed by atoms with Crippen LogP contribution in [0, 0.1) is 4.77 Å². The number of aromatic nitrogens is 2. The standard InChI is InChI=1S/C21H19ClN4S/c22-16-11-12-19-20(13-16)26(15-24-18-9-5-2-6-10-18)21(27)25(19)14-23-17-7-3-1-4-8-17/h1-13,23-24H,14-15H2. The van der Waals surface area contributed by atoms with Crippen LogP contribution in [0.1, 0.15) is 0 Å². The quantitative estimate of drug-likeness (QED) is 0.395. The van der Waals surface area contributed by atoms with Gasteiger partial charge in [0.05, 0.1) is 24.4 Å². The Morgan fingerprint density at radius 2 is 1.22 bits per heavy atom. The maximum atomic E-state index is 6.25. The molecular weight excluding hydrogens is 376 g/mol. The number of fused-ring (bicyclic) bond motifs is 1. The number of halogens is 1. The van der Waals surface area contributed by atoms with E-state index in [4.69, 9.17) is 23.8 Å². The zero-order chi connectivity index (χ0) is 18.6. The molecule has 1 heterocycles. The van der Waals surface area contributed by atoms with Gasteiger partial charge >= 0.3 is 0 Å². The van der Waals surface area contributed by atoms with E-state index in [9.17, 15) is 0 Å². The summed E-state index contributed by atoms with van der Waals surface area (Å²) in [5.41, 5.74) is 4.15. The molecule has 0 fully saturated rings. The van der Waals surface area contributed by atoms with Gasteiger partial charge in [0.25, 0.3) is 0 Å². The molecule has 0 radical (unpaired) electrons. The van der Waals surface area contributed by atoms with Gasteiger partial charge in [-0.3, -0.25) is 9.13 Å². The predicted molar refractivity (Wildman–Crippen MR) is 116 cm³/mol. The Morgan fingerprint density at radius 3 is 1.78 bits per heavy atom. The van der Waals surface area contributed by atoms with E-state index in [1.165, 1.54) is 0 Å². The van der Waals surface area contributed by atoms with Gasteiger partial charge in [-0.2, -0.15) is 0 Å². The lowest BCUT2D eigenvalue weighted by Gasteiger charge is -2.09. The molecule has 3 aromatic carbocycles. The maximum absolute atomic E-state index is 6.25. The minimum absolute atomic E-state index is 0.567. The molecule has 4 nitrogen and oxygen atoms in total. The van der Waals surface area contributed by atoms with E-state index < -0.39 is 0 Å². The molecule has 0 spiro atoms. The fourth-order valence-corrected chi connectivity index (χ4v) is 3.54. The minimum atomic E-state index is 0.567. The summed E-state index contributed by atoms with van der Waals surface area (Å²) in [5, 5.41) is 7.54. The number of para-hydroxylation sites is 2. The third-order valence-electron chi connectivity index (χ3n) is 4.41. The first-order valence-electron chi connectivity index (χ1n) is 8.69. The highest BCUT2D eigenvalue weighted by molar-refractivity contribution is 7.71. The van der Waals surface area contributed by atoms with Crippen LogP contribution in [0.15, 0.2) is 78.9 Å². The maximum Gasteiger partial charge on any atom is 0.183 e. The average Bonchev–Trinajstić information content (AvgIpc) is 2.96. The monoisotopic (exact) mass is 394 g/mol. The molecule has 0 atom stereocenters. The van der Waals surface area contributed by atoms with Crippen LogP contribution in [0.3, 0.4) is 0 Å². The lowest BCUT2D eigenvalue weighted by Crippen LogP contribution is -2.11. The largest absolute Gasteiger partial charge is 0.367 e. The van der Waals surface area contributed by atoms with Crippen LogP contribution in [0.25, 0.3) is 11.0 Å². The first-order valence-corrected chi connectivity index (χ1v) is 9.47. The lowest BCUT2D eigenvalue weighted by molar-refractivity contribution is 0.710. The summed E-state index contributed by atoms with van der Waals surface area (Å²) in [6, 6.07) is 26.0. The van der Waals surface area contributed by atoms with Crippen molar-refractivity contribution in [3.05, 3.63) is 88.7 Å². The van der Waals surface area contributed by atoms with Gasteiger partial charge in [-0.25, -0.2) is 0 Å². The Balaban J connectivity index is 1.67. The van der Waals surface area contributed by atoms with E-state index in [-0.39, 0.29) is 0 Å². The van der Waals surface area contributed by atoms with Crippen LogP contribution in [-0.2, 0) is 13.3 Å². The summed E-state index contributed by atoms with van der Waals surface area (Å²) < 4.78 is 4.88. The van der Waals surface area contributed by atoms with Crippen LogP contribution in [0.5, 0.6) is 0 Å². The molecule has 6 heteroatoms. The molecule has 4 aromatic rings. The van der Waals surface area contributed by atoms with E-state index >= 15 is 0 Å². The number of anilines is 2. The van der Waals surface area contributed by atoms with E-state index in [1.54, 1.807) is 0 Å². The number of benzene rings is 3. The molecule has 2 N–H and O–H groups in total. The van der Waals surface area contributed by atoms with Gasteiger partial charge in [-0.05, 0) is 54.7 Å². The number of nitrogens with one attached hydrogen (secondary N) is 2. The molecule has 0 amide bonds. The van der Waals surface area contributed by atoms with E-state index in [1.807, 2.05) is 78.9 Å². The van der Waals surface area contributed by atoms with Gasteiger partial charge in [0.2, 0.25) is 0 Å². The van der Waals surface area contributed by atoms with Crippen molar-refractivity contribution in [3.63, 3.8) is 0 Å². The van der Waals surface area contributed by atoms with Crippen molar-refractivity contribution >= 4 is 46.2 Å². The van der Waals surface area contributed by atoms with Crippen molar-refractivity contribution in [2.24, 2.45) is 0 Å². The Labute approximate surface area is 168 Å².